The van der Waals surface area contributed by atoms with Gasteiger partial charge in [0, 0.05) is 17.5 Å². The number of carbonyl (C=O) groups excluding carboxylic acids is 2. The Morgan fingerprint density at radius 1 is 1.48 bits per heavy atom. The van der Waals surface area contributed by atoms with Gasteiger partial charge in [0.25, 0.3) is 5.91 Å². The number of aromatic amines is 1. The fraction of sp³-hybridized carbons (Fsp3) is 0.500. The molecule has 0 aromatic carbocycles. The first-order valence-corrected chi connectivity index (χ1v) is 7.87. The molecule has 2 unspecified atom stereocenters. The highest BCUT2D eigenvalue weighted by Gasteiger charge is 2.41. The number of carboxylic acids is 1. The second-order valence-corrected chi connectivity index (χ2v) is 6.21. The van der Waals surface area contributed by atoms with Crippen molar-refractivity contribution in [2.24, 2.45) is 0 Å². The maximum Gasteiger partial charge on any atom is 0.327 e. The van der Waals surface area contributed by atoms with Gasteiger partial charge in [0.15, 0.2) is 5.78 Å². The molecule has 0 radical (unpaired) electrons. The lowest BCUT2D eigenvalue weighted by Gasteiger charge is -2.26. The maximum absolute atomic E-state index is 12.6. The van der Waals surface area contributed by atoms with E-state index in [9.17, 15) is 19.5 Å². The number of carbonyl (C=O) groups is 3. The predicted octanol–water partition coefficient (Wildman–Crippen LogP) is 1.99. The number of ketones is 1. The van der Waals surface area contributed by atoms with E-state index in [1.165, 1.54) is 35.8 Å². The minimum absolute atomic E-state index is 0.132. The van der Waals surface area contributed by atoms with Crippen LogP contribution >= 0.6 is 11.8 Å². The van der Waals surface area contributed by atoms with Gasteiger partial charge in [-0.05, 0) is 19.4 Å². The Bertz CT molecular complexity index is 569. The summed E-state index contributed by atoms with van der Waals surface area (Å²) in [6.45, 7) is 3.42. The van der Waals surface area contributed by atoms with Crippen molar-refractivity contribution in [2.75, 3.05) is 5.75 Å². The number of thioether (sulfide) groups is 1. The van der Waals surface area contributed by atoms with Gasteiger partial charge in [-0.15, -0.1) is 11.8 Å². The molecule has 2 heterocycles. The van der Waals surface area contributed by atoms with E-state index in [-0.39, 0.29) is 22.8 Å². The first kappa shape index (κ1) is 15.6. The average Bonchev–Trinajstić information content (AvgIpc) is 3.05. The number of hydrogen-bond donors (Lipinski definition) is 2. The van der Waals surface area contributed by atoms with Crippen molar-refractivity contribution in [1.82, 2.24) is 9.88 Å². The van der Waals surface area contributed by atoms with Crippen molar-refractivity contribution in [3.05, 3.63) is 23.5 Å². The summed E-state index contributed by atoms with van der Waals surface area (Å²) in [5, 5.41) is 9.16. The van der Waals surface area contributed by atoms with Gasteiger partial charge >= 0.3 is 5.97 Å². The SMILES string of the molecule is CCCC1SCC(C(=O)O)N1C(=O)c1cc(C(C)=O)c[nH]1. The number of nitrogens with zero attached hydrogens (tertiary/aromatic N) is 1. The number of carboxylic acid groups (broad SMARTS) is 1. The minimum Gasteiger partial charge on any atom is -0.480 e. The number of H-pyrrole nitrogens is 1. The van der Waals surface area contributed by atoms with Crippen LogP contribution in [0.5, 0.6) is 0 Å². The average molecular weight is 310 g/mol. The topological polar surface area (TPSA) is 90.5 Å². The highest BCUT2D eigenvalue weighted by Crippen LogP contribution is 2.33. The second-order valence-electron chi connectivity index (χ2n) is 5.00. The Balaban J connectivity index is 2.27. The summed E-state index contributed by atoms with van der Waals surface area (Å²) in [6, 6.07) is 0.665. The maximum atomic E-state index is 12.6. The molecule has 2 N–H and O–H groups in total. The van der Waals surface area contributed by atoms with Gasteiger partial charge in [0.2, 0.25) is 0 Å². The zero-order valence-corrected chi connectivity index (χ0v) is 12.8. The van der Waals surface area contributed by atoms with Gasteiger partial charge in [-0.3, -0.25) is 9.59 Å². The molecule has 1 amide bonds. The molecule has 1 aliphatic heterocycles. The summed E-state index contributed by atoms with van der Waals surface area (Å²) >= 11 is 1.49. The molecule has 0 spiro atoms. The van der Waals surface area contributed by atoms with E-state index in [1.54, 1.807) is 0 Å². The quantitative estimate of drug-likeness (QED) is 0.812. The molecule has 1 aliphatic rings. The molecular weight excluding hydrogens is 292 g/mol. The predicted molar refractivity (Wildman–Crippen MR) is 79.5 cm³/mol. The fourth-order valence-electron chi connectivity index (χ4n) is 2.36. The van der Waals surface area contributed by atoms with E-state index < -0.39 is 12.0 Å². The monoisotopic (exact) mass is 310 g/mol. The van der Waals surface area contributed by atoms with Crippen LogP contribution in [0.1, 0.15) is 47.5 Å². The van der Waals surface area contributed by atoms with Crippen LogP contribution in [0.15, 0.2) is 12.3 Å². The Morgan fingerprint density at radius 2 is 2.19 bits per heavy atom. The van der Waals surface area contributed by atoms with Crippen LogP contribution in [0.4, 0.5) is 0 Å². The lowest BCUT2D eigenvalue weighted by atomic mass is 10.2. The van der Waals surface area contributed by atoms with Crippen LogP contribution in [-0.4, -0.2) is 49.8 Å². The number of rotatable bonds is 5. The first-order chi connectivity index (χ1) is 9.95. The standard InChI is InChI=1S/C14H18N2O4S/c1-3-4-12-16(11(7-21-12)14(19)20)13(18)10-5-9(6-15-10)8(2)17/h5-6,11-12,15H,3-4,7H2,1-2H3,(H,19,20). The number of aliphatic carboxylic acids is 1. The smallest absolute Gasteiger partial charge is 0.327 e. The highest BCUT2D eigenvalue weighted by atomic mass is 32.2. The van der Waals surface area contributed by atoms with Crippen LogP contribution in [0, 0.1) is 0 Å². The van der Waals surface area contributed by atoms with Crippen molar-refractivity contribution in [3.63, 3.8) is 0 Å². The van der Waals surface area contributed by atoms with Gasteiger partial charge in [0.05, 0.1) is 5.37 Å². The van der Waals surface area contributed by atoms with E-state index in [1.807, 2.05) is 6.92 Å². The number of hydrogen-bond acceptors (Lipinski definition) is 4. The molecule has 2 rings (SSSR count). The van der Waals surface area contributed by atoms with Gasteiger partial charge in [-0.1, -0.05) is 13.3 Å². The van der Waals surface area contributed by atoms with Crippen molar-refractivity contribution in [1.29, 1.82) is 0 Å². The lowest BCUT2D eigenvalue weighted by molar-refractivity contribution is -0.141. The van der Waals surface area contributed by atoms with Crippen LogP contribution in [0.3, 0.4) is 0 Å². The van der Waals surface area contributed by atoms with Crippen molar-refractivity contribution in [3.8, 4) is 0 Å². The summed E-state index contributed by atoms with van der Waals surface area (Å²) in [7, 11) is 0. The Labute approximate surface area is 126 Å². The van der Waals surface area contributed by atoms with Crippen molar-refractivity contribution >= 4 is 29.4 Å². The van der Waals surface area contributed by atoms with Crippen molar-refractivity contribution in [2.45, 2.75) is 38.1 Å². The summed E-state index contributed by atoms with van der Waals surface area (Å²) in [5.74, 6) is -1.10. The largest absolute Gasteiger partial charge is 0.480 e. The molecule has 0 aliphatic carbocycles. The third-order valence-electron chi connectivity index (χ3n) is 3.47. The summed E-state index contributed by atoms with van der Waals surface area (Å²) in [6.07, 6.45) is 3.10. The zero-order valence-electron chi connectivity index (χ0n) is 12.0. The molecule has 0 saturated carbocycles. The van der Waals surface area contributed by atoms with Gasteiger partial charge in [-0.25, -0.2) is 4.79 Å². The zero-order chi connectivity index (χ0) is 15.6. The fourth-order valence-corrected chi connectivity index (χ4v) is 3.87. The third-order valence-corrected chi connectivity index (χ3v) is 4.82. The Morgan fingerprint density at radius 3 is 2.71 bits per heavy atom. The molecule has 7 heteroatoms. The molecule has 2 atom stereocenters. The second kappa shape index (κ2) is 6.34. The van der Waals surface area contributed by atoms with E-state index in [4.69, 9.17) is 0 Å². The number of Topliss-reactive ketones (excluding diaryl/α,β-unsaturated/α-hetero) is 1. The number of amides is 1. The number of aromatic nitrogens is 1. The lowest BCUT2D eigenvalue weighted by Crippen LogP contribution is -2.45. The van der Waals surface area contributed by atoms with E-state index in [0.29, 0.717) is 11.3 Å². The molecule has 21 heavy (non-hydrogen) atoms. The minimum atomic E-state index is -0.993. The third kappa shape index (κ3) is 3.12. The highest BCUT2D eigenvalue weighted by molar-refractivity contribution is 8.00. The summed E-state index contributed by atoms with van der Waals surface area (Å²) in [5.41, 5.74) is 0.680. The molecule has 1 aromatic rings. The van der Waals surface area contributed by atoms with Gasteiger partial charge in [0.1, 0.15) is 11.7 Å². The molecule has 1 aromatic heterocycles. The molecule has 6 nitrogen and oxygen atoms in total. The van der Waals surface area contributed by atoms with E-state index in [2.05, 4.69) is 4.98 Å². The number of nitrogens with one attached hydrogen (secondary N) is 1. The summed E-state index contributed by atoms with van der Waals surface area (Å²) in [4.78, 5) is 39.4. The molecular formula is C14H18N2O4S. The Kier molecular flexibility index (Phi) is 4.72. The van der Waals surface area contributed by atoms with Gasteiger partial charge < -0.3 is 15.0 Å². The first-order valence-electron chi connectivity index (χ1n) is 6.82. The van der Waals surface area contributed by atoms with Crippen LogP contribution in [-0.2, 0) is 4.79 Å². The van der Waals surface area contributed by atoms with E-state index in [0.717, 1.165) is 12.8 Å². The van der Waals surface area contributed by atoms with Gasteiger partial charge in [-0.2, -0.15) is 0 Å². The normalized spacial score (nSPS) is 21.5. The van der Waals surface area contributed by atoms with E-state index >= 15 is 0 Å². The van der Waals surface area contributed by atoms with Crippen LogP contribution in [0.25, 0.3) is 0 Å². The molecule has 0 bridgehead atoms. The molecule has 114 valence electrons. The van der Waals surface area contributed by atoms with Crippen LogP contribution < -0.4 is 0 Å². The van der Waals surface area contributed by atoms with Crippen LogP contribution in [0.2, 0.25) is 0 Å². The molecule has 1 fully saturated rings. The summed E-state index contributed by atoms with van der Waals surface area (Å²) < 4.78 is 0. The van der Waals surface area contributed by atoms with Crippen molar-refractivity contribution < 1.29 is 19.5 Å². The Hall–Kier alpha value is -1.76. The molecule has 1 saturated heterocycles.